The lowest BCUT2D eigenvalue weighted by molar-refractivity contribution is -0.125. The van der Waals surface area contributed by atoms with Gasteiger partial charge < -0.3 is 14.7 Å². The van der Waals surface area contributed by atoms with Gasteiger partial charge in [-0.05, 0) is 0 Å². The molecule has 0 aromatic heterocycles. The third-order valence-electron chi connectivity index (χ3n) is 1.93. The van der Waals surface area contributed by atoms with E-state index in [1.807, 2.05) is 0 Å². The van der Waals surface area contributed by atoms with Crippen LogP contribution in [0, 0.1) is 0 Å². The second-order valence-electron chi connectivity index (χ2n) is 3.02. The van der Waals surface area contributed by atoms with E-state index in [0.717, 1.165) is 4.90 Å². The van der Waals surface area contributed by atoms with Crippen LogP contribution >= 0.6 is 0 Å². The highest BCUT2D eigenvalue weighted by molar-refractivity contribution is 6.01. The third kappa shape index (κ3) is 2.43. The van der Waals surface area contributed by atoms with Gasteiger partial charge in [-0.2, -0.15) is 0 Å². The van der Waals surface area contributed by atoms with Crippen molar-refractivity contribution in [3.63, 3.8) is 0 Å². The van der Waals surface area contributed by atoms with E-state index in [0.29, 0.717) is 0 Å². The van der Waals surface area contributed by atoms with Crippen molar-refractivity contribution in [2.45, 2.75) is 0 Å². The van der Waals surface area contributed by atoms with Gasteiger partial charge in [0, 0.05) is 7.05 Å². The molecule has 6 heteroatoms. The summed E-state index contributed by atoms with van der Waals surface area (Å²) in [5.74, 6) is -0.204. The normalized spacial score (nSPS) is 17.0. The molecular weight excluding hydrogens is 188 g/mol. The standard InChI is InChI=1S/C8H14N2O4/c1-9-6-7(12)10(8(9)13)2-4-14-5-3-11/h11H,2-6H2,1H3. The molecule has 0 radical (unpaired) electrons. The summed E-state index contributed by atoms with van der Waals surface area (Å²) in [4.78, 5) is 25.0. The van der Waals surface area contributed by atoms with Gasteiger partial charge in [0.25, 0.3) is 0 Å². The zero-order chi connectivity index (χ0) is 10.6. The van der Waals surface area contributed by atoms with E-state index >= 15 is 0 Å². The molecule has 0 aromatic rings. The number of amides is 3. The lowest BCUT2D eigenvalue weighted by atomic mass is 10.5. The smallest absolute Gasteiger partial charge is 0.327 e. The maximum atomic E-state index is 11.3. The van der Waals surface area contributed by atoms with Crippen LogP contribution in [-0.2, 0) is 9.53 Å². The molecule has 1 saturated heterocycles. The Hall–Kier alpha value is -1.14. The Morgan fingerprint density at radius 1 is 1.43 bits per heavy atom. The zero-order valence-corrected chi connectivity index (χ0v) is 8.10. The molecule has 0 aliphatic carbocycles. The Balaban J connectivity index is 2.30. The molecule has 1 fully saturated rings. The van der Waals surface area contributed by atoms with Crippen LogP contribution in [0.3, 0.4) is 0 Å². The fraction of sp³-hybridized carbons (Fsp3) is 0.750. The SMILES string of the molecule is CN1CC(=O)N(CCOCCO)C1=O. The number of carbonyl (C=O) groups excluding carboxylic acids is 2. The number of rotatable bonds is 5. The Morgan fingerprint density at radius 2 is 2.14 bits per heavy atom. The number of likely N-dealkylation sites (N-methyl/N-ethyl adjacent to an activating group) is 1. The van der Waals surface area contributed by atoms with Gasteiger partial charge in [-0.15, -0.1) is 0 Å². The van der Waals surface area contributed by atoms with Crippen LogP contribution in [0.1, 0.15) is 0 Å². The minimum atomic E-state index is -0.289. The van der Waals surface area contributed by atoms with E-state index in [1.54, 1.807) is 7.05 Å². The summed E-state index contributed by atoms with van der Waals surface area (Å²) in [6.45, 7) is 0.834. The highest BCUT2D eigenvalue weighted by Crippen LogP contribution is 2.06. The fourth-order valence-corrected chi connectivity index (χ4v) is 1.21. The van der Waals surface area contributed by atoms with Gasteiger partial charge in [0.15, 0.2) is 0 Å². The van der Waals surface area contributed by atoms with Gasteiger partial charge in [-0.3, -0.25) is 9.69 Å². The van der Waals surface area contributed by atoms with Crippen LogP contribution in [0.25, 0.3) is 0 Å². The number of carbonyl (C=O) groups is 2. The molecule has 1 rings (SSSR count). The number of nitrogens with zero attached hydrogens (tertiary/aromatic N) is 2. The number of aliphatic hydroxyl groups is 1. The highest BCUT2D eigenvalue weighted by atomic mass is 16.5. The molecule has 0 aromatic carbocycles. The monoisotopic (exact) mass is 202 g/mol. The lowest BCUT2D eigenvalue weighted by Crippen LogP contribution is -2.34. The Kier molecular flexibility index (Phi) is 3.84. The van der Waals surface area contributed by atoms with Gasteiger partial charge >= 0.3 is 6.03 Å². The molecule has 0 unspecified atom stereocenters. The van der Waals surface area contributed by atoms with Crippen LogP contribution in [0.4, 0.5) is 4.79 Å². The molecule has 0 atom stereocenters. The average Bonchev–Trinajstić information content (AvgIpc) is 2.38. The molecule has 0 saturated carbocycles. The van der Waals surface area contributed by atoms with E-state index in [2.05, 4.69) is 0 Å². The van der Waals surface area contributed by atoms with Crippen molar-refractivity contribution in [3.8, 4) is 0 Å². The fourth-order valence-electron chi connectivity index (χ4n) is 1.21. The molecular formula is C8H14N2O4. The first kappa shape index (κ1) is 10.9. The summed E-state index contributed by atoms with van der Waals surface area (Å²) in [6, 6.07) is -0.289. The molecule has 1 aliphatic heterocycles. The van der Waals surface area contributed by atoms with E-state index < -0.39 is 0 Å². The number of aliphatic hydroxyl groups excluding tert-OH is 1. The molecule has 0 bridgehead atoms. The van der Waals surface area contributed by atoms with Crippen LogP contribution in [0.5, 0.6) is 0 Å². The number of hydrogen-bond donors (Lipinski definition) is 1. The molecule has 0 spiro atoms. The summed E-state index contributed by atoms with van der Waals surface area (Å²) >= 11 is 0. The Morgan fingerprint density at radius 3 is 2.64 bits per heavy atom. The summed E-state index contributed by atoms with van der Waals surface area (Å²) in [6.07, 6.45) is 0. The quantitative estimate of drug-likeness (QED) is 0.453. The molecule has 14 heavy (non-hydrogen) atoms. The molecule has 1 aliphatic rings. The average molecular weight is 202 g/mol. The third-order valence-corrected chi connectivity index (χ3v) is 1.93. The maximum absolute atomic E-state index is 11.3. The minimum Gasteiger partial charge on any atom is -0.394 e. The van der Waals surface area contributed by atoms with Gasteiger partial charge in [0.1, 0.15) is 6.54 Å². The van der Waals surface area contributed by atoms with Crippen molar-refractivity contribution in [2.24, 2.45) is 0 Å². The van der Waals surface area contributed by atoms with E-state index in [1.165, 1.54) is 4.90 Å². The number of urea groups is 1. The minimum absolute atomic E-state index is 0.0538. The first-order valence-corrected chi connectivity index (χ1v) is 4.41. The molecule has 80 valence electrons. The maximum Gasteiger partial charge on any atom is 0.327 e. The largest absolute Gasteiger partial charge is 0.394 e. The topological polar surface area (TPSA) is 70.1 Å². The molecule has 1 N–H and O–H groups in total. The summed E-state index contributed by atoms with van der Waals surface area (Å²) in [5, 5.41) is 8.42. The van der Waals surface area contributed by atoms with Gasteiger partial charge in [0.05, 0.1) is 26.4 Å². The zero-order valence-electron chi connectivity index (χ0n) is 8.10. The second-order valence-corrected chi connectivity index (χ2v) is 3.02. The van der Waals surface area contributed by atoms with Crippen molar-refractivity contribution in [3.05, 3.63) is 0 Å². The first-order chi connectivity index (χ1) is 6.66. The van der Waals surface area contributed by atoms with E-state index in [4.69, 9.17) is 9.84 Å². The number of hydrogen-bond acceptors (Lipinski definition) is 4. The van der Waals surface area contributed by atoms with E-state index in [9.17, 15) is 9.59 Å². The van der Waals surface area contributed by atoms with Crippen LogP contribution in [-0.4, -0.2) is 66.8 Å². The first-order valence-electron chi connectivity index (χ1n) is 4.41. The molecule has 1 heterocycles. The number of imide groups is 1. The Bertz CT molecular complexity index is 231. The van der Waals surface area contributed by atoms with Gasteiger partial charge in [-0.1, -0.05) is 0 Å². The van der Waals surface area contributed by atoms with Crippen molar-refractivity contribution < 1.29 is 19.4 Å². The summed E-state index contributed by atoms with van der Waals surface area (Å²) < 4.78 is 4.96. The highest BCUT2D eigenvalue weighted by Gasteiger charge is 2.32. The van der Waals surface area contributed by atoms with E-state index in [-0.39, 0.29) is 44.8 Å². The van der Waals surface area contributed by atoms with Gasteiger partial charge in [0.2, 0.25) is 5.91 Å². The molecule has 6 nitrogen and oxygen atoms in total. The van der Waals surface area contributed by atoms with Crippen LogP contribution in [0.2, 0.25) is 0 Å². The predicted octanol–water partition coefficient (Wildman–Crippen LogP) is -1.11. The lowest BCUT2D eigenvalue weighted by Gasteiger charge is -2.13. The van der Waals surface area contributed by atoms with Crippen LogP contribution in [0.15, 0.2) is 0 Å². The van der Waals surface area contributed by atoms with Crippen molar-refractivity contribution in [2.75, 3.05) is 40.0 Å². The number of ether oxygens (including phenoxy) is 1. The Labute approximate surface area is 82.0 Å². The van der Waals surface area contributed by atoms with Crippen molar-refractivity contribution in [1.82, 2.24) is 9.80 Å². The predicted molar refractivity (Wildman–Crippen MR) is 47.6 cm³/mol. The second kappa shape index (κ2) is 4.92. The summed E-state index contributed by atoms with van der Waals surface area (Å²) in [7, 11) is 1.58. The van der Waals surface area contributed by atoms with Crippen LogP contribution < -0.4 is 0 Å². The van der Waals surface area contributed by atoms with Crippen molar-refractivity contribution >= 4 is 11.9 Å². The van der Waals surface area contributed by atoms with Crippen molar-refractivity contribution in [1.29, 1.82) is 0 Å². The molecule has 3 amide bonds. The van der Waals surface area contributed by atoms with Gasteiger partial charge in [-0.25, -0.2) is 4.79 Å². The summed E-state index contributed by atoms with van der Waals surface area (Å²) in [5.41, 5.74) is 0.